The van der Waals surface area contributed by atoms with Crippen LogP contribution in [0.1, 0.15) is 27.5 Å². The number of amides is 1. The summed E-state index contributed by atoms with van der Waals surface area (Å²) in [6.45, 7) is 13.7. The van der Waals surface area contributed by atoms with E-state index in [0.29, 0.717) is 25.5 Å². The van der Waals surface area contributed by atoms with Crippen LogP contribution in [0.3, 0.4) is 0 Å². The minimum Gasteiger partial charge on any atom is -0.360 e. The molecular formula is C21H29N5O3. The summed E-state index contributed by atoms with van der Waals surface area (Å²) in [7, 11) is 0. The fourth-order valence-corrected chi connectivity index (χ4v) is 3.70. The largest absolute Gasteiger partial charge is 0.360 e. The Bertz CT molecular complexity index is 890. The molecule has 156 valence electrons. The van der Waals surface area contributed by atoms with Crippen LogP contribution in [-0.2, 0) is 4.79 Å². The van der Waals surface area contributed by atoms with Crippen molar-refractivity contribution in [3.8, 4) is 5.82 Å². The number of ketones is 1. The van der Waals surface area contributed by atoms with E-state index in [1.54, 1.807) is 6.08 Å². The van der Waals surface area contributed by atoms with E-state index < -0.39 is 0 Å². The molecule has 3 heterocycles. The number of nitrogens with zero attached hydrogens (tertiary/aromatic N) is 4. The Kier molecular flexibility index (Phi) is 6.66. The molecule has 0 bridgehead atoms. The third-order valence-corrected chi connectivity index (χ3v) is 5.22. The smallest absolute Gasteiger partial charge is 0.234 e. The summed E-state index contributed by atoms with van der Waals surface area (Å²) in [6.07, 6.45) is 1.67. The van der Waals surface area contributed by atoms with Gasteiger partial charge in [0, 0.05) is 55.7 Å². The van der Waals surface area contributed by atoms with Crippen LogP contribution in [0, 0.1) is 20.8 Å². The van der Waals surface area contributed by atoms with Crippen molar-refractivity contribution in [3.63, 3.8) is 0 Å². The lowest BCUT2D eigenvalue weighted by Gasteiger charge is -2.33. The summed E-state index contributed by atoms with van der Waals surface area (Å²) < 4.78 is 7.13. The summed E-state index contributed by atoms with van der Waals surface area (Å²) in [6, 6.07) is 3.78. The zero-order valence-electron chi connectivity index (χ0n) is 17.4. The molecule has 0 saturated carbocycles. The Hall–Kier alpha value is -2.71. The number of carbonyl (C=O) groups is 2. The fourth-order valence-electron chi connectivity index (χ4n) is 3.70. The molecule has 29 heavy (non-hydrogen) atoms. The van der Waals surface area contributed by atoms with Gasteiger partial charge in [-0.25, -0.2) is 0 Å². The monoisotopic (exact) mass is 399 g/mol. The zero-order chi connectivity index (χ0) is 21.0. The van der Waals surface area contributed by atoms with Crippen molar-refractivity contribution in [1.82, 2.24) is 24.8 Å². The van der Waals surface area contributed by atoms with Crippen molar-refractivity contribution in [3.05, 3.63) is 47.5 Å². The third-order valence-electron chi connectivity index (χ3n) is 5.22. The summed E-state index contributed by atoms with van der Waals surface area (Å²) in [5.74, 6) is 1.53. The van der Waals surface area contributed by atoms with Crippen molar-refractivity contribution >= 4 is 11.7 Å². The van der Waals surface area contributed by atoms with Crippen LogP contribution in [0.4, 0.5) is 0 Å². The Morgan fingerprint density at radius 1 is 1.14 bits per heavy atom. The Labute approximate surface area is 171 Å². The third kappa shape index (κ3) is 5.02. The number of rotatable bonds is 8. The maximum Gasteiger partial charge on any atom is 0.234 e. The highest BCUT2D eigenvalue weighted by Crippen LogP contribution is 2.21. The number of aryl methyl sites for hydroxylation is 2. The predicted molar refractivity (Wildman–Crippen MR) is 110 cm³/mol. The predicted octanol–water partition coefficient (Wildman–Crippen LogP) is 1.49. The summed E-state index contributed by atoms with van der Waals surface area (Å²) in [5.41, 5.74) is 2.54. The molecule has 1 aliphatic heterocycles. The van der Waals surface area contributed by atoms with Crippen molar-refractivity contribution < 1.29 is 14.1 Å². The molecule has 1 amide bonds. The first-order valence-corrected chi connectivity index (χ1v) is 9.87. The Morgan fingerprint density at radius 2 is 1.79 bits per heavy atom. The molecule has 0 aromatic carbocycles. The molecule has 0 atom stereocenters. The molecule has 8 heteroatoms. The highest BCUT2D eigenvalue weighted by Gasteiger charge is 2.23. The maximum atomic E-state index is 12.9. The molecule has 0 spiro atoms. The number of hydrogen-bond donors (Lipinski definition) is 1. The van der Waals surface area contributed by atoms with Gasteiger partial charge in [0.2, 0.25) is 5.91 Å². The number of aromatic nitrogens is 2. The molecule has 3 rings (SSSR count). The topological polar surface area (TPSA) is 83.6 Å². The number of carbonyl (C=O) groups excluding carboxylic acids is 2. The van der Waals surface area contributed by atoms with Gasteiger partial charge in [0.25, 0.3) is 0 Å². The lowest BCUT2D eigenvalue weighted by molar-refractivity contribution is -0.122. The van der Waals surface area contributed by atoms with Crippen LogP contribution in [0.25, 0.3) is 5.82 Å². The van der Waals surface area contributed by atoms with Crippen LogP contribution >= 0.6 is 0 Å². The molecule has 2 aromatic rings. The van der Waals surface area contributed by atoms with Gasteiger partial charge in [0.15, 0.2) is 11.6 Å². The van der Waals surface area contributed by atoms with E-state index in [1.165, 1.54) is 0 Å². The van der Waals surface area contributed by atoms with Gasteiger partial charge in [-0.3, -0.25) is 24.0 Å². The lowest BCUT2D eigenvalue weighted by Crippen LogP contribution is -2.50. The van der Waals surface area contributed by atoms with E-state index in [4.69, 9.17) is 4.52 Å². The van der Waals surface area contributed by atoms with E-state index in [9.17, 15) is 9.59 Å². The summed E-state index contributed by atoms with van der Waals surface area (Å²) >= 11 is 0. The average Bonchev–Trinajstić information content (AvgIpc) is 3.23. The van der Waals surface area contributed by atoms with Gasteiger partial charge >= 0.3 is 0 Å². The first kappa shape index (κ1) is 21.0. The van der Waals surface area contributed by atoms with Crippen molar-refractivity contribution in [2.24, 2.45) is 0 Å². The molecule has 0 aliphatic carbocycles. The SMILES string of the molecule is C=CCNC(=O)CN1CCN(CC(=O)c2cc(C)n(-c3cc(C)on3)c2C)CC1. The molecule has 1 fully saturated rings. The number of Topliss-reactive ketones (excluding diaryl/α,β-unsaturated/α-hetero) is 1. The van der Waals surface area contributed by atoms with Gasteiger partial charge in [-0.1, -0.05) is 11.2 Å². The molecule has 1 saturated heterocycles. The quantitative estimate of drug-likeness (QED) is 0.535. The van der Waals surface area contributed by atoms with Crippen LogP contribution < -0.4 is 5.32 Å². The number of nitrogens with one attached hydrogen (secondary N) is 1. The van der Waals surface area contributed by atoms with Crippen LogP contribution in [0.15, 0.2) is 29.3 Å². The molecule has 2 aromatic heterocycles. The first-order chi connectivity index (χ1) is 13.9. The van der Waals surface area contributed by atoms with Gasteiger partial charge in [0.05, 0.1) is 13.1 Å². The number of hydrogen-bond acceptors (Lipinski definition) is 6. The molecule has 0 radical (unpaired) electrons. The van der Waals surface area contributed by atoms with E-state index in [1.807, 2.05) is 37.5 Å². The maximum absolute atomic E-state index is 12.9. The number of piperazine rings is 1. The van der Waals surface area contributed by atoms with Gasteiger partial charge < -0.3 is 9.84 Å². The second-order valence-corrected chi connectivity index (χ2v) is 7.48. The van der Waals surface area contributed by atoms with Crippen LogP contribution in [0.5, 0.6) is 0 Å². The van der Waals surface area contributed by atoms with Gasteiger partial charge in [0.1, 0.15) is 5.76 Å². The average molecular weight is 399 g/mol. The summed E-state index contributed by atoms with van der Waals surface area (Å²) in [5, 5.41) is 6.86. The molecule has 0 unspecified atom stereocenters. The summed E-state index contributed by atoms with van der Waals surface area (Å²) in [4.78, 5) is 29.0. The van der Waals surface area contributed by atoms with Gasteiger partial charge in [-0.05, 0) is 26.8 Å². The van der Waals surface area contributed by atoms with Gasteiger partial charge in [-0.15, -0.1) is 6.58 Å². The normalized spacial score (nSPS) is 15.4. The van der Waals surface area contributed by atoms with E-state index >= 15 is 0 Å². The van der Waals surface area contributed by atoms with E-state index in [2.05, 4.69) is 26.9 Å². The van der Waals surface area contributed by atoms with E-state index in [0.717, 1.165) is 48.9 Å². The molecule has 1 aliphatic rings. The Balaban J connectivity index is 1.57. The van der Waals surface area contributed by atoms with Gasteiger partial charge in [-0.2, -0.15) is 0 Å². The highest BCUT2D eigenvalue weighted by molar-refractivity contribution is 5.99. The second kappa shape index (κ2) is 9.19. The van der Waals surface area contributed by atoms with Crippen LogP contribution in [-0.4, -0.2) is 77.0 Å². The molecule has 1 N–H and O–H groups in total. The fraction of sp³-hybridized carbons (Fsp3) is 0.476. The van der Waals surface area contributed by atoms with Crippen molar-refractivity contribution in [1.29, 1.82) is 0 Å². The first-order valence-electron chi connectivity index (χ1n) is 9.87. The highest BCUT2D eigenvalue weighted by atomic mass is 16.5. The minimum atomic E-state index is 0.00459. The second-order valence-electron chi connectivity index (χ2n) is 7.48. The lowest BCUT2D eigenvalue weighted by atomic mass is 10.1. The minimum absolute atomic E-state index is 0.00459. The molecule has 8 nitrogen and oxygen atoms in total. The van der Waals surface area contributed by atoms with Crippen LogP contribution in [0.2, 0.25) is 0 Å². The standard InChI is InChI=1S/C21H29N5O3/c1-5-6-22-21(28)14-25-9-7-24(8-10-25)13-19(27)18-11-15(2)26(17(18)4)20-12-16(3)29-23-20/h5,11-12H,1,6-10,13-14H2,2-4H3,(H,22,28). The zero-order valence-corrected chi connectivity index (χ0v) is 17.4. The van der Waals surface area contributed by atoms with Crippen molar-refractivity contribution in [2.45, 2.75) is 20.8 Å². The Morgan fingerprint density at radius 3 is 2.38 bits per heavy atom. The molecular weight excluding hydrogens is 370 g/mol. The van der Waals surface area contributed by atoms with E-state index in [-0.39, 0.29) is 11.7 Å². The van der Waals surface area contributed by atoms with Crippen molar-refractivity contribution in [2.75, 3.05) is 45.8 Å².